The van der Waals surface area contributed by atoms with E-state index < -0.39 is 11.9 Å². The van der Waals surface area contributed by atoms with Gasteiger partial charge in [0.2, 0.25) is 0 Å². The molecule has 4 rings (SSSR count). The van der Waals surface area contributed by atoms with Crippen molar-refractivity contribution in [2.24, 2.45) is 12.0 Å². The van der Waals surface area contributed by atoms with E-state index in [1.54, 1.807) is 19.2 Å². The minimum Gasteiger partial charge on any atom is -0.489 e. The SMILES string of the molecule is C=N/C(=C\C=C(/C)COc1ccn(-c2ccc3c4c(n(C)c3c2)CCNC4)c(=O)c1)C(F)(F)F. The number of aliphatic imine (C=N–C) groups is 1. The number of aromatic nitrogens is 2. The van der Waals surface area contributed by atoms with E-state index >= 15 is 0 Å². The molecule has 34 heavy (non-hydrogen) atoms. The van der Waals surface area contributed by atoms with E-state index in [1.165, 1.54) is 33.4 Å². The van der Waals surface area contributed by atoms with Crippen molar-refractivity contribution >= 4 is 17.6 Å². The fourth-order valence-corrected chi connectivity index (χ4v) is 4.11. The fraction of sp³-hybridized carbons (Fsp3) is 0.280. The van der Waals surface area contributed by atoms with Gasteiger partial charge in [0.15, 0.2) is 0 Å². The van der Waals surface area contributed by atoms with Crippen molar-refractivity contribution in [2.45, 2.75) is 26.1 Å². The maximum atomic E-state index is 12.8. The number of allylic oxidation sites excluding steroid dienone is 3. The second kappa shape index (κ2) is 9.34. The van der Waals surface area contributed by atoms with Crippen LogP contribution >= 0.6 is 0 Å². The van der Waals surface area contributed by atoms with Crippen LogP contribution in [0.4, 0.5) is 13.2 Å². The Morgan fingerprint density at radius 2 is 2.06 bits per heavy atom. The maximum Gasteiger partial charge on any atom is 0.433 e. The van der Waals surface area contributed by atoms with Crippen molar-refractivity contribution in [1.82, 2.24) is 14.5 Å². The molecule has 0 unspecified atom stereocenters. The van der Waals surface area contributed by atoms with Crippen LogP contribution in [0, 0.1) is 0 Å². The van der Waals surface area contributed by atoms with E-state index in [4.69, 9.17) is 4.74 Å². The highest BCUT2D eigenvalue weighted by Crippen LogP contribution is 2.29. The van der Waals surface area contributed by atoms with Gasteiger partial charge in [-0.15, -0.1) is 0 Å². The molecule has 3 heterocycles. The highest BCUT2D eigenvalue weighted by Gasteiger charge is 2.32. The van der Waals surface area contributed by atoms with Gasteiger partial charge in [0.05, 0.1) is 11.2 Å². The van der Waals surface area contributed by atoms with Crippen LogP contribution in [0.15, 0.2) is 69.7 Å². The summed E-state index contributed by atoms with van der Waals surface area (Å²) in [5.41, 5.74) is 3.60. The van der Waals surface area contributed by atoms with Gasteiger partial charge in [-0.05, 0) is 49.1 Å². The summed E-state index contributed by atoms with van der Waals surface area (Å²) in [4.78, 5) is 15.8. The van der Waals surface area contributed by atoms with Crippen molar-refractivity contribution in [2.75, 3.05) is 13.2 Å². The fourth-order valence-electron chi connectivity index (χ4n) is 4.11. The molecule has 0 spiro atoms. The van der Waals surface area contributed by atoms with Gasteiger partial charge in [-0.3, -0.25) is 14.4 Å². The molecule has 3 aromatic rings. The number of aryl methyl sites for hydroxylation is 1. The Kier molecular flexibility index (Phi) is 6.47. The lowest BCUT2D eigenvalue weighted by Crippen LogP contribution is -2.24. The minimum atomic E-state index is -4.57. The lowest BCUT2D eigenvalue weighted by molar-refractivity contribution is -0.0922. The summed E-state index contributed by atoms with van der Waals surface area (Å²) in [5, 5.41) is 4.58. The highest BCUT2D eigenvalue weighted by molar-refractivity contribution is 5.87. The molecule has 6 nitrogen and oxygen atoms in total. The Bertz CT molecular complexity index is 1360. The lowest BCUT2D eigenvalue weighted by Gasteiger charge is -2.14. The zero-order valence-corrected chi connectivity index (χ0v) is 18.9. The molecule has 0 aliphatic carbocycles. The van der Waals surface area contributed by atoms with Crippen molar-refractivity contribution in [1.29, 1.82) is 0 Å². The summed E-state index contributed by atoms with van der Waals surface area (Å²) in [6, 6.07) is 8.98. The van der Waals surface area contributed by atoms with E-state index in [2.05, 4.69) is 21.6 Å². The molecule has 0 radical (unpaired) electrons. The Balaban J connectivity index is 1.53. The molecular formula is C25H25F3N4O2. The largest absolute Gasteiger partial charge is 0.489 e. The quantitative estimate of drug-likeness (QED) is 0.428. The Hall–Kier alpha value is -3.59. The van der Waals surface area contributed by atoms with Crippen LogP contribution < -0.4 is 15.6 Å². The van der Waals surface area contributed by atoms with E-state index in [0.717, 1.165) is 36.8 Å². The van der Waals surface area contributed by atoms with Gasteiger partial charge in [0.1, 0.15) is 18.1 Å². The average Bonchev–Trinajstić information content (AvgIpc) is 3.09. The van der Waals surface area contributed by atoms with Crippen molar-refractivity contribution in [3.8, 4) is 11.4 Å². The smallest absolute Gasteiger partial charge is 0.433 e. The monoisotopic (exact) mass is 470 g/mol. The summed E-state index contributed by atoms with van der Waals surface area (Å²) in [6.07, 6.45) is 0.140. The van der Waals surface area contributed by atoms with Gasteiger partial charge in [0, 0.05) is 49.9 Å². The topological polar surface area (TPSA) is 60.5 Å². The third-order valence-electron chi connectivity index (χ3n) is 5.88. The van der Waals surface area contributed by atoms with Gasteiger partial charge < -0.3 is 14.6 Å². The number of nitrogens with one attached hydrogen (secondary N) is 1. The molecule has 1 N–H and O–H groups in total. The molecule has 9 heteroatoms. The van der Waals surface area contributed by atoms with Gasteiger partial charge in [0.25, 0.3) is 5.56 Å². The van der Waals surface area contributed by atoms with Crippen LogP contribution in [0.5, 0.6) is 5.75 Å². The molecule has 0 atom stereocenters. The summed E-state index contributed by atoms with van der Waals surface area (Å²) < 4.78 is 47.4. The number of halogens is 3. The van der Waals surface area contributed by atoms with E-state index in [1.807, 2.05) is 25.2 Å². The van der Waals surface area contributed by atoms with Gasteiger partial charge in [-0.1, -0.05) is 12.1 Å². The van der Waals surface area contributed by atoms with Crippen LogP contribution in [0.2, 0.25) is 0 Å². The Labute approximate surface area is 194 Å². The summed E-state index contributed by atoms with van der Waals surface area (Å²) in [6.45, 7) is 6.37. The lowest BCUT2D eigenvalue weighted by atomic mass is 10.1. The molecular weight excluding hydrogens is 445 g/mol. The van der Waals surface area contributed by atoms with E-state index in [9.17, 15) is 18.0 Å². The number of nitrogens with zero attached hydrogens (tertiary/aromatic N) is 3. The van der Waals surface area contributed by atoms with Gasteiger partial charge >= 0.3 is 6.18 Å². The van der Waals surface area contributed by atoms with Gasteiger partial charge in [-0.2, -0.15) is 13.2 Å². The number of hydrogen-bond donors (Lipinski definition) is 1. The molecule has 2 aromatic heterocycles. The molecule has 1 aliphatic heterocycles. The summed E-state index contributed by atoms with van der Waals surface area (Å²) >= 11 is 0. The van der Waals surface area contributed by atoms with Crippen LogP contribution in [-0.4, -0.2) is 35.2 Å². The first-order valence-corrected chi connectivity index (χ1v) is 10.8. The van der Waals surface area contributed by atoms with Crippen LogP contribution in [0.3, 0.4) is 0 Å². The number of alkyl halides is 3. The molecule has 0 saturated heterocycles. The molecule has 0 amide bonds. The summed E-state index contributed by atoms with van der Waals surface area (Å²) in [5.74, 6) is 0.331. The Morgan fingerprint density at radius 1 is 1.26 bits per heavy atom. The number of hydrogen-bond acceptors (Lipinski definition) is 4. The molecule has 178 valence electrons. The standard InChI is InChI=1S/C25H25F3N4O2/c1-16(4-7-23(29-2)25(26,27)28)15-34-18-9-11-32(24(33)13-18)17-5-6-19-20-14-30-10-8-21(20)31(3)22(19)12-17/h4-7,9,11-13,30H,2,8,10,14-15H2,1,3H3/b16-4+,23-7-. The zero-order valence-electron chi connectivity index (χ0n) is 18.9. The molecule has 1 aliphatic rings. The van der Waals surface area contributed by atoms with Gasteiger partial charge in [-0.25, -0.2) is 0 Å². The first kappa shape index (κ1) is 23.6. The van der Waals surface area contributed by atoms with E-state index in [-0.39, 0.29) is 12.2 Å². The predicted octanol–water partition coefficient (Wildman–Crippen LogP) is 4.45. The number of rotatable bonds is 6. The van der Waals surface area contributed by atoms with Crippen molar-refractivity contribution in [3.63, 3.8) is 0 Å². The number of benzene rings is 1. The minimum absolute atomic E-state index is 0.0249. The molecule has 0 bridgehead atoms. The molecule has 1 aromatic carbocycles. The van der Waals surface area contributed by atoms with Crippen LogP contribution in [-0.2, 0) is 20.0 Å². The van der Waals surface area contributed by atoms with Crippen molar-refractivity contribution in [3.05, 3.63) is 81.6 Å². The summed E-state index contributed by atoms with van der Waals surface area (Å²) in [7, 11) is 2.05. The third kappa shape index (κ3) is 4.70. The first-order valence-electron chi connectivity index (χ1n) is 10.8. The third-order valence-corrected chi connectivity index (χ3v) is 5.88. The van der Waals surface area contributed by atoms with Crippen molar-refractivity contribution < 1.29 is 17.9 Å². The highest BCUT2D eigenvalue weighted by atomic mass is 19.4. The molecule has 0 fully saturated rings. The Morgan fingerprint density at radius 3 is 2.76 bits per heavy atom. The zero-order chi connectivity index (χ0) is 24.5. The predicted molar refractivity (Wildman–Crippen MR) is 127 cm³/mol. The van der Waals surface area contributed by atoms with E-state index in [0.29, 0.717) is 11.3 Å². The number of ether oxygens (including phenoxy) is 1. The van der Waals surface area contributed by atoms with Crippen LogP contribution in [0.1, 0.15) is 18.2 Å². The number of fused-ring (bicyclic) bond motifs is 3. The maximum absolute atomic E-state index is 12.8. The second-order valence-electron chi connectivity index (χ2n) is 8.19. The second-order valence-corrected chi connectivity index (χ2v) is 8.19. The number of pyridine rings is 1. The average molecular weight is 470 g/mol. The first-order chi connectivity index (χ1) is 16.2. The van der Waals surface area contributed by atoms with Crippen LogP contribution in [0.25, 0.3) is 16.6 Å². The normalized spacial score (nSPS) is 14.9. The molecule has 0 saturated carbocycles.